The van der Waals surface area contributed by atoms with E-state index in [1.165, 1.54) is 24.2 Å². The number of nitrogens with two attached hydrogens (primary N) is 1. The molecule has 0 saturated carbocycles. The zero-order valence-electron chi connectivity index (χ0n) is 11.2. The van der Waals surface area contributed by atoms with Crippen LogP contribution in [0.15, 0.2) is 0 Å². The molecule has 1 amide bonds. The Kier molecular flexibility index (Phi) is 4.01. The molecule has 3 N–H and O–H groups in total. The molecule has 0 radical (unpaired) electrons. The van der Waals surface area contributed by atoms with E-state index in [1.807, 2.05) is 13.8 Å². The highest BCUT2D eigenvalue weighted by Crippen LogP contribution is 2.22. The lowest BCUT2D eigenvalue weighted by atomic mass is 10.0. The third kappa shape index (κ3) is 2.56. The predicted octanol–water partition coefficient (Wildman–Crippen LogP) is 0.534. The topological polar surface area (TPSA) is 72.9 Å². The number of fused-ring (bicyclic) bond motifs is 1. The molecular formula is C13H22N4O. The van der Waals surface area contributed by atoms with Crippen LogP contribution < -0.4 is 11.1 Å². The molecule has 2 rings (SSSR count). The van der Waals surface area contributed by atoms with Crippen molar-refractivity contribution in [1.29, 1.82) is 0 Å². The van der Waals surface area contributed by atoms with Crippen molar-refractivity contribution in [3.63, 3.8) is 0 Å². The second kappa shape index (κ2) is 5.52. The summed E-state index contributed by atoms with van der Waals surface area (Å²) in [5, 5.41) is 3.13. The van der Waals surface area contributed by atoms with Crippen molar-refractivity contribution < 1.29 is 4.79 Å². The number of nitrogens with one attached hydrogen (secondary N) is 1. The second-order valence-electron chi connectivity index (χ2n) is 4.88. The van der Waals surface area contributed by atoms with Crippen LogP contribution in [-0.4, -0.2) is 28.0 Å². The number of imidazole rings is 1. The van der Waals surface area contributed by atoms with E-state index >= 15 is 0 Å². The molecule has 1 heterocycles. The van der Waals surface area contributed by atoms with Crippen molar-refractivity contribution in [2.24, 2.45) is 5.73 Å². The van der Waals surface area contributed by atoms with Gasteiger partial charge in [0.15, 0.2) is 0 Å². The largest absolute Gasteiger partial charge is 0.368 e. The standard InChI is InChI=1S/C13H22N4O/c1-3-15-11(13(14)18)8-17-9(2)16-10-6-4-5-7-12(10)17/h11,15H,3-8H2,1-2H3,(H2,14,18). The lowest BCUT2D eigenvalue weighted by Gasteiger charge is -2.19. The van der Waals surface area contributed by atoms with Gasteiger partial charge in [-0.25, -0.2) is 4.98 Å². The fourth-order valence-corrected chi connectivity index (χ4v) is 2.66. The Bertz CT molecular complexity index is 438. The number of aryl methyl sites for hydroxylation is 2. The van der Waals surface area contributed by atoms with Crippen LogP contribution in [0, 0.1) is 6.92 Å². The van der Waals surface area contributed by atoms with E-state index in [0.717, 1.165) is 25.2 Å². The molecule has 1 atom stereocenters. The van der Waals surface area contributed by atoms with Crippen LogP contribution in [-0.2, 0) is 24.2 Å². The monoisotopic (exact) mass is 250 g/mol. The van der Waals surface area contributed by atoms with Crippen molar-refractivity contribution in [2.75, 3.05) is 6.54 Å². The number of hydrogen-bond acceptors (Lipinski definition) is 3. The van der Waals surface area contributed by atoms with Crippen molar-refractivity contribution in [1.82, 2.24) is 14.9 Å². The van der Waals surface area contributed by atoms with E-state index in [-0.39, 0.29) is 11.9 Å². The molecule has 1 unspecified atom stereocenters. The third-order valence-electron chi connectivity index (χ3n) is 3.58. The Morgan fingerprint density at radius 2 is 2.22 bits per heavy atom. The number of carbonyl (C=O) groups is 1. The summed E-state index contributed by atoms with van der Waals surface area (Å²) < 4.78 is 2.16. The van der Waals surface area contributed by atoms with Crippen LogP contribution in [0.5, 0.6) is 0 Å². The molecule has 1 aromatic rings. The Balaban J connectivity index is 2.22. The Morgan fingerprint density at radius 1 is 1.50 bits per heavy atom. The van der Waals surface area contributed by atoms with Gasteiger partial charge < -0.3 is 15.6 Å². The average molecular weight is 250 g/mol. The Labute approximate surface area is 108 Å². The number of nitrogens with zero attached hydrogens (tertiary/aromatic N) is 2. The quantitative estimate of drug-likeness (QED) is 0.801. The van der Waals surface area contributed by atoms with E-state index in [2.05, 4.69) is 14.9 Å². The first-order valence-electron chi connectivity index (χ1n) is 6.71. The van der Waals surface area contributed by atoms with Gasteiger partial charge in [-0.05, 0) is 39.2 Å². The maximum absolute atomic E-state index is 11.4. The van der Waals surface area contributed by atoms with E-state index < -0.39 is 0 Å². The molecule has 0 aliphatic heterocycles. The van der Waals surface area contributed by atoms with Gasteiger partial charge in [-0.1, -0.05) is 6.92 Å². The van der Waals surface area contributed by atoms with Gasteiger partial charge in [0.05, 0.1) is 5.69 Å². The smallest absolute Gasteiger partial charge is 0.236 e. The highest BCUT2D eigenvalue weighted by atomic mass is 16.1. The van der Waals surface area contributed by atoms with Gasteiger partial charge in [0.2, 0.25) is 5.91 Å². The van der Waals surface area contributed by atoms with Gasteiger partial charge in [-0.2, -0.15) is 0 Å². The first-order valence-corrected chi connectivity index (χ1v) is 6.71. The van der Waals surface area contributed by atoms with Gasteiger partial charge in [0.1, 0.15) is 11.9 Å². The van der Waals surface area contributed by atoms with Crippen LogP contribution in [0.4, 0.5) is 0 Å². The van der Waals surface area contributed by atoms with E-state index in [0.29, 0.717) is 6.54 Å². The molecule has 0 aromatic carbocycles. The minimum absolute atomic E-state index is 0.297. The number of rotatable bonds is 5. The fourth-order valence-electron chi connectivity index (χ4n) is 2.66. The number of likely N-dealkylation sites (N-methyl/N-ethyl adjacent to an activating group) is 1. The van der Waals surface area contributed by atoms with Crippen LogP contribution >= 0.6 is 0 Å². The zero-order valence-corrected chi connectivity index (χ0v) is 11.2. The molecule has 100 valence electrons. The number of aromatic nitrogens is 2. The van der Waals surface area contributed by atoms with Crippen molar-refractivity contribution in [3.8, 4) is 0 Å². The molecule has 1 aliphatic rings. The third-order valence-corrected chi connectivity index (χ3v) is 3.58. The van der Waals surface area contributed by atoms with Crippen LogP contribution in [0.3, 0.4) is 0 Å². The van der Waals surface area contributed by atoms with Gasteiger partial charge >= 0.3 is 0 Å². The first-order chi connectivity index (χ1) is 8.63. The molecule has 1 aliphatic carbocycles. The summed E-state index contributed by atoms with van der Waals surface area (Å²) in [6.45, 7) is 5.31. The predicted molar refractivity (Wildman–Crippen MR) is 70.3 cm³/mol. The number of primary amides is 1. The van der Waals surface area contributed by atoms with Gasteiger partial charge in [-0.3, -0.25) is 4.79 Å². The molecule has 0 spiro atoms. The summed E-state index contributed by atoms with van der Waals surface area (Å²) >= 11 is 0. The molecule has 0 bridgehead atoms. The average Bonchev–Trinajstić information content (AvgIpc) is 2.65. The van der Waals surface area contributed by atoms with Gasteiger partial charge in [0, 0.05) is 12.2 Å². The number of carbonyl (C=O) groups excluding carboxylic acids is 1. The Hall–Kier alpha value is -1.36. The van der Waals surface area contributed by atoms with Crippen molar-refractivity contribution in [3.05, 3.63) is 17.2 Å². The number of amides is 1. The van der Waals surface area contributed by atoms with Crippen LogP contribution in [0.25, 0.3) is 0 Å². The Morgan fingerprint density at radius 3 is 2.89 bits per heavy atom. The van der Waals surface area contributed by atoms with E-state index in [4.69, 9.17) is 5.73 Å². The number of hydrogen-bond donors (Lipinski definition) is 2. The molecule has 1 aromatic heterocycles. The summed E-state index contributed by atoms with van der Waals surface area (Å²) in [7, 11) is 0. The van der Waals surface area contributed by atoms with Crippen LogP contribution in [0.1, 0.15) is 37.0 Å². The molecule has 0 fully saturated rings. The van der Waals surface area contributed by atoms with Gasteiger partial charge in [0.25, 0.3) is 0 Å². The highest BCUT2D eigenvalue weighted by Gasteiger charge is 2.22. The molecule has 0 saturated heterocycles. The minimum Gasteiger partial charge on any atom is -0.368 e. The van der Waals surface area contributed by atoms with Gasteiger partial charge in [-0.15, -0.1) is 0 Å². The fraction of sp³-hybridized carbons (Fsp3) is 0.692. The molecule has 18 heavy (non-hydrogen) atoms. The minimum atomic E-state index is -0.311. The first kappa shape index (κ1) is 13.1. The molecule has 5 heteroatoms. The SMILES string of the molecule is CCNC(Cn1c(C)nc2c1CCCC2)C(N)=O. The molecular weight excluding hydrogens is 228 g/mol. The highest BCUT2D eigenvalue weighted by molar-refractivity contribution is 5.79. The summed E-state index contributed by atoms with van der Waals surface area (Å²) in [6, 6.07) is -0.311. The van der Waals surface area contributed by atoms with Crippen LogP contribution in [0.2, 0.25) is 0 Å². The van der Waals surface area contributed by atoms with E-state index in [9.17, 15) is 4.79 Å². The maximum Gasteiger partial charge on any atom is 0.236 e. The maximum atomic E-state index is 11.4. The van der Waals surface area contributed by atoms with E-state index in [1.54, 1.807) is 0 Å². The molecule has 5 nitrogen and oxygen atoms in total. The lowest BCUT2D eigenvalue weighted by molar-refractivity contribution is -0.120. The zero-order chi connectivity index (χ0) is 13.1. The summed E-state index contributed by atoms with van der Waals surface area (Å²) in [4.78, 5) is 16.0. The summed E-state index contributed by atoms with van der Waals surface area (Å²) in [5.41, 5.74) is 7.93. The summed E-state index contributed by atoms with van der Waals surface area (Å²) in [6.07, 6.45) is 4.55. The van der Waals surface area contributed by atoms with Crippen molar-refractivity contribution >= 4 is 5.91 Å². The normalized spacial score (nSPS) is 16.3. The second-order valence-corrected chi connectivity index (χ2v) is 4.88. The summed E-state index contributed by atoms with van der Waals surface area (Å²) in [5.74, 6) is 0.695. The van der Waals surface area contributed by atoms with Crippen molar-refractivity contribution in [2.45, 2.75) is 52.1 Å². The lowest BCUT2D eigenvalue weighted by Crippen LogP contribution is -2.44.